The smallest absolute Gasteiger partial charge is 0.221 e. The standard InChI is InChI=1S/C17H28N2O2/c1-11(19-16(21)3-4-18-12(2)20)17-8-13-5-14(9-17)7-15(6-13)10-17/h11,13-15H,3-10H2,1-2H3,(H,18,20)(H,19,21)/t11-,13?,14?,15?,17?/m0/s1. The number of hydrogen-bond donors (Lipinski definition) is 2. The van der Waals surface area contributed by atoms with E-state index < -0.39 is 0 Å². The van der Waals surface area contributed by atoms with Crippen molar-refractivity contribution in [2.75, 3.05) is 6.54 Å². The SMILES string of the molecule is CC(=O)NCCC(=O)N[C@@H](C)C12CC3CC(CC(C3)C1)C2. The highest BCUT2D eigenvalue weighted by atomic mass is 16.2. The van der Waals surface area contributed by atoms with Crippen LogP contribution < -0.4 is 10.6 Å². The zero-order valence-electron chi connectivity index (χ0n) is 13.3. The van der Waals surface area contributed by atoms with Crippen molar-refractivity contribution in [3.05, 3.63) is 0 Å². The summed E-state index contributed by atoms with van der Waals surface area (Å²) in [4.78, 5) is 22.9. The first-order chi connectivity index (χ1) is 9.97. The van der Waals surface area contributed by atoms with Gasteiger partial charge in [-0.3, -0.25) is 9.59 Å². The van der Waals surface area contributed by atoms with Gasteiger partial charge in [-0.15, -0.1) is 0 Å². The van der Waals surface area contributed by atoms with E-state index in [1.165, 1.54) is 45.4 Å². The van der Waals surface area contributed by atoms with E-state index >= 15 is 0 Å². The number of carbonyl (C=O) groups excluding carboxylic acids is 2. The van der Waals surface area contributed by atoms with Crippen LogP contribution in [-0.4, -0.2) is 24.4 Å². The van der Waals surface area contributed by atoms with Gasteiger partial charge in [0, 0.05) is 25.9 Å². The molecule has 4 aliphatic carbocycles. The molecular formula is C17H28N2O2. The quantitative estimate of drug-likeness (QED) is 0.816. The molecule has 1 atom stereocenters. The molecule has 118 valence electrons. The number of rotatable bonds is 5. The van der Waals surface area contributed by atoms with E-state index in [0.717, 1.165) is 17.8 Å². The van der Waals surface area contributed by atoms with Gasteiger partial charge in [-0.2, -0.15) is 0 Å². The Kier molecular flexibility index (Phi) is 3.98. The van der Waals surface area contributed by atoms with Crippen LogP contribution in [0.2, 0.25) is 0 Å². The van der Waals surface area contributed by atoms with E-state index in [0.29, 0.717) is 18.4 Å². The molecule has 0 aromatic rings. The van der Waals surface area contributed by atoms with E-state index in [4.69, 9.17) is 0 Å². The predicted octanol–water partition coefficient (Wildman–Crippen LogP) is 2.23. The molecule has 0 aliphatic heterocycles. The van der Waals surface area contributed by atoms with Gasteiger partial charge >= 0.3 is 0 Å². The fourth-order valence-corrected chi connectivity index (χ4v) is 5.53. The minimum Gasteiger partial charge on any atom is -0.356 e. The van der Waals surface area contributed by atoms with Gasteiger partial charge in [-0.25, -0.2) is 0 Å². The lowest BCUT2D eigenvalue weighted by atomic mass is 9.48. The summed E-state index contributed by atoms with van der Waals surface area (Å²) in [6, 6.07) is 0.274. The maximum Gasteiger partial charge on any atom is 0.221 e. The van der Waals surface area contributed by atoms with Gasteiger partial charge in [-0.05, 0) is 68.6 Å². The first kappa shape index (κ1) is 14.9. The van der Waals surface area contributed by atoms with Crippen molar-refractivity contribution in [1.29, 1.82) is 0 Å². The zero-order chi connectivity index (χ0) is 15.0. The average molecular weight is 292 g/mol. The number of carbonyl (C=O) groups is 2. The Morgan fingerprint density at radius 3 is 2.10 bits per heavy atom. The molecule has 0 saturated heterocycles. The van der Waals surface area contributed by atoms with Gasteiger partial charge in [0.25, 0.3) is 0 Å². The minimum atomic E-state index is -0.0723. The van der Waals surface area contributed by atoms with E-state index in [1.54, 1.807) is 0 Å². The fourth-order valence-electron chi connectivity index (χ4n) is 5.53. The van der Waals surface area contributed by atoms with Crippen LogP contribution in [-0.2, 0) is 9.59 Å². The Morgan fingerprint density at radius 2 is 1.62 bits per heavy atom. The van der Waals surface area contributed by atoms with E-state index in [-0.39, 0.29) is 17.9 Å². The van der Waals surface area contributed by atoms with Crippen LogP contribution in [0.4, 0.5) is 0 Å². The lowest BCUT2D eigenvalue weighted by Gasteiger charge is -2.59. The summed E-state index contributed by atoms with van der Waals surface area (Å²) in [7, 11) is 0. The lowest BCUT2D eigenvalue weighted by Crippen LogP contribution is -2.56. The van der Waals surface area contributed by atoms with Gasteiger partial charge < -0.3 is 10.6 Å². The predicted molar refractivity (Wildman–Crippen MR) is 81.5 cm³/mol. The molecule has 4 aliphatic rings. The Morgan fingerprint density at radius 1 is 1.10 bits per heavy atom. The normalized spacial score (nSPS) is 38.1. The maximum absolute atomic E-state index is 12.1. The second kappa shape index (κ2) is 5.62. The summed E-state index contributed by atoms with van der Waals surface area (Å²) in [5.74, 6) is 2.74. The average Bonchev–Trinajstić information content (AvgIpc) is 2.36. The second-order valence-electron chi connectivity index (χ2n) is 7.80. The Balaban J connectivity index is 1.54. The van der Waals surface area contributed by atoms with Crippen LogP contribution in [0.3, 0.4) is 0 Å². The molecule has 0 radical (unpaired) electrons. The zero-order valence-corrected chi connectivity index (χ0v) is 13.3. The summed E-state index contributed by atoms with van der Waals surface area (Å²) in [5.41, 5.74) is 0.360. The molecule has 4 bridgehead atoms. The largest absolute Gasteiger partial charge is 0.356 e. The van der Waals surface area contributed by atoms with Crippen molar-refractivity contribution in [3.63, 3.8) is 0 Å². The summed E-state index contributed by atoms with van der Waals surface area (Å²) < 4.78 is 0. The molecule has 4 rings (SSSR count). The summed E-state index contributed by atoms with van der Waals surface area (Å²) in [6.07, 6.45) is 8.62. The van der Waals surface area contributed by atoms with Crippen molar-refractivity contribution in [1.82, 2.24) is 10.6 Å². The molecule has 4 saturated carbocycles. The van der Waals surface area contributed by atoms with Gasteiger partial charge in [0.2, 0.25) is 11.8 Å². The first-order valence-corrected chi connectivity index (χ1v) is 8.50. The molecule has 0 spiro atoms. The van der Waals surface area contributed by atoms with Crippen LogP contribution in [0, 0.1) is 23.2 Å². The highest BCUT2D eigenvalue weighted by molar-refractivity contribution is 5.78. The van der Waals surface area contributed by atoms with Crippen molar-refractivity contribution in [2.24, 2.45) is 23.2 Å². The Hall–Kier alpha value is -1.06. The summed E-state index contributed by atoms with van der Waals surface area (Å²) in [6.45, 7) is 4.12. The van der Waals surface area contributed by atoms with Crippen LogP contribution in [0.15, 0.2) is 0 Å². The molecule has 0 unspecified atom stereocenters. The highest BCUT2D eigenvalue weighted by Crippen LogP contribution is 2.61. The molecule has 0 aromatic heterocycles. The minimum absolute atomic E-state index is 0.0723. The van der Waals surface area contributed by atoms with Crippen LogP contribution in [0.1, 0.15) is 58.8 Å². The molecule has 4 nitrogen and oxygen atoms in total. The van der Waals surface area contributed by atoms with Crippen LogP contribution in [0.25, 0.3) is 0 Å². The molecule has 2 N–H and O–H groups in total. The van der Waals surface area contributed by atoms with Gasteiger partial charge in [0.1, 0.15) is 0 Å². The maximum atomic E-state index is 12.1. The van der Waals surface area contributed by atoms with Crippen molar-refractivity contribution in [2.45, 2.75) is 64.8 Å². The topological polar surface area (TPSA) is 58.2 Å². The summed E-state index contributed by atoms with van der Waals surface area (Å²) in [5, 5.41) is 5.91. The molecule has 0 heterocycles. The van der Waals surface area contributed by atoms with Gasteiger partial charge in [-0.1, -0.05) is 0 Å². The molecule has 4 heteroatoms. The third kappa shape index (κ3) is 3.09. The fraction of sp³-hybridized carbons (Fsp3) is 0.882. The Labute approximate surface area is 127 Å². The number of amides is 2. The molecular weight excluding hydrogens is 264 g/mol. The number of hydrogen-bond acceptors (Lipinski definition) is 2. The summed E-state index contributed by atoms with van der Waals surface area (Å²) >= 11 is 0. The monoisotopic (exact) mass is 292 g/mol. The van der Waals surface area contributed by atoms with Gasteiger partial charge in [0.05, 0.1) is 0 Å². The number of nitrogens with one attached hydrogen (secondary N) is 2. The van der Waals surface area contributed by atoms with Crippen molar-refractivity contribution in [3.8, 4) is 0 Å². The molecule has 0 aromatic carbocycles. The second-order valence-corrected chi connectivity index (χ2v) is 7.80. The third-order valence-corrected chi connectivity index (χ3v) is 6.11. The van der Waals surface area contributed by atoms with Gasteiger partial charge in [0.15, 0.2) is 0 Å². The molecule has 4 fully saturated rings. The third-order valence-electron chi connectivity index (χ3n) is 6.11. The van der Waals surface area contributed by atoms with E-state index in [9.17, 15) is 9.59 Å². The van der Waals surface area contributed by atoms with Crippen LogP contribution in [0.5, 0.6) is 0 Å². The van der Waals surface area contributed by atoms with E-state index in [2.05, 4.69) is 17.6 Å². The van der Waals surface area contributed by atoms with Crippen LogP contribution >= 0.6 is 0 Å². The van der Waals surface area contributed by atoms with E-state index in [1.807, 2.05) is 0 Å². The Bertz CT molecular complexity index is 397. The first-order valence-electron chi connectivity index (χ1n) is 8.50. The highest BCUT2D eigenvalue weighted by Gasteiger charge is 2.53. The molecule has 2 amide bonds. The lowest BCUT2D eigenvalue weighted by molar-refractivity contribution is -0.126. The molecule has 21 heavy (non-hydrogen) atoms. The van der Waals surface area contributed by atoms with Crippen molar-refractivity contribution >= 4 is 11.8 Å². The van der Waals surface area contributed by atoms with Crippen molar-refractivity contribution < 1.29 is 9.59 Å².